The van der Waals surface area contributed by atoms with Gasteiger partial charge in [0.15, 0.2) is 0 Å². The molecular formula is C18H27N5. The standard InChI is InChI=1S/C18H27N5/c1-16-12-22(13-17-6-4-3-5-7-17)9-8-18(16)21(2)10-11-23-15-19-14-20-23/h3-7,14-16,18H,8-13H2,1-2H3/t16-,18-/m1/s1. The third kappa shape index (κ3) is 4.39. The minimum Gasteiger partial charge on any atom is -0.301 e. The van der Waals surface area contributed by atoms with E-state index in [0.29, 0.717) is 12.0 Å². The van der Waals surface area contributed by atoms with Crippen molar-refractivity contribution in [3.05, 3.63) is 48.5 Å². The van der Waals surface area contributed by atoms with Crippen molar-refractivity contribution >= 4 is 0 Å². The Labute approximate surface area is 138 Å². The molecule has 2 heterocycles. The quantitative estimate of drug-likeness (QED) is 0.819. The van der Waals surface area contributed by atoms with Crippen molar-refractivity contribution in [1.82, 2.24) is 24.6 Å². The van der Waals surface area contributed by atoms with Crippen LogP contribution in [0.4, 0.5) is 0 Å². The summed E-state index contributed by atoms with van der Waals surface area (Å²) in [6.45, 7) is 7.74. The van der Waals surface area contributed by atoms with Gasteiger partial charge in [-0.1, -0.05) is 37.3 Å². The van der Waals surface area contributed by atoms with Gasteiger partial charge in [-0.15, -0.1) is 0 Å². The van der Waals surface area contributed by atoms with Gasteiger partial charge in [0.2, 0.25) is 0 Å². The van der Waals surface area contributed by atoms with E-state index in [1.54, 1.807) is 12.7 Å². The molecule has 0 amide bonds. The molecule has 124 valence electrons. The van der Waals surface area contributed by atoms with Crippen LogP contribution in [0.15, 0.2) is 43.0 Å². The summed E-state index contributed by atoms with van der Waals surface area (Å²) in [5.74, 6) is 0.688. The van der Waals surface area contributed by atoms with Crippen LogP contribution < -0.4 is 0 Å². The molecule has 0 saturated carbocycles. The molecule has 1 fully saturated rings. The van der Waals surface area contributed by atoms with Crippen LogP contribution in [-0.4, -0.2) is 57.3 Å². The number of hydrogen-bond donors (Lipinski definition) is 0. The summed E-state index contributed by atoms with van der Waals surface area (Å²) >= 11 is 0. The molecule has 0 spiro atoms. The smallest absolute Gasteiger partial charge is 0.137 e. The van der Waals surface area contributed by atoms with Crippen molar-refractivity contribution in [3.8, 4) is 0 Å². The summed E-state index contributed by atoms with van der Waals surface area (Å²) in [4.78, 5) is 9.08. The highest BCUT2D eigenvalue weighted by Gasteiger charge is 2.28. The average Bonchev–Trinajstić information content (AvgIpc) is 3.07. The normalized spacial score (nSPS) is 22.6. The van der Waals surface area contributed by atoms with Gasteiger partial charge < -0.3 is 4.90 Å². The first-order valence-corrected chi connectivity index (χ1v) is 8.51. The lowest BCUT2D eigenvalue weighted by Gasteiger charge is -2.41. The average molecular weight is 313 g/mol. The monoisotopic (exact) mass is 313 g/mol. The molecule has 0 radical (unpaired) electrons. The predicted molar refractivity (Wildman–Crippen MR) is 91.9 cm³/mol. The van der Waals surface area contributed by atoms with E-state index in [1.807, 2.05) is 4.68 Å². The minimum atomic E-state index is 0.658. The number of likely N-dealkylation sites (tertiary alicyclic amines) is 1. The number of aromatic nitrogens is 3. The van der Waals surface area contributed by atoms with E-state index < -0.39 is 0 Å². The van der Waals surface area contributed by atoms with Crippen LogP contribution in [0.5, 0.6) is 0 Å². The first-order valence-electron chi connectivity index (χ1n) is 8.51. The Bertz CT molecular complexity index is 568. The van der Waals surface area contributed by atoms with Crippen LogP contribution >= 0.6 is 0 Å². The molecule has 2 atom stereocenters. The summed E-state index contributed by atoms with van der Waals surface area (Å²) in [7, 11) is 2.24. The zero-order valence-electron chi connectivity index (χ0n) is 14.2. The molecule has 1 aliphatic rings. The van der Waals surface area contributed by atoms with Crippen molar-refractivity contribution in [1.29, 1.82) is 0 Å². The van der Waals surface area contributed by atoms with Crippen LogP contribution in [0.3, 0.4) is 0 Å². The summed E-state index contributed by atoms with van der Waals surface area (Å²) in [6.07, 6.45) is 4.63. The number of rotatable bonds is 6. The molecule has 1 aromatic heterocycles. The molecule has 2 aromatic rings. The van der Waals surface area contributed by atoms with Crippen LogP contribution in [0.2, 0.25) is 0 Å². The number of likely N-dealkylation sites (N-methyl/N-ethyl adjacent to an activating group) is 1. The topological polar surface area (TPSA) is 37.2 Å². The van der Waals surface area contributed by atoms with E-state index in [2.05, 4.69) is 64.2 Å². The minimum absolute atomic E-state index is 0.658. The summed E-state index contributed by atoms with van der Waals surface area (Å²) in [5, 5.41) is 4.18. The number of nitrogens with zero attached hydrogens (tertiary/aromatic N) is 5. The Morgan fingerprint density at radius 2 is 2.09 bits per heavy atom. The van der Waals surface area contributed by atoms with Crippen molar-refractivity contribution in [2.45, 2.75) is 32.5 Å². The third-order valence-corrected chi connectivity index (χ3v) is 4.91. The van der Waals surface area contributed by atoms with Crippen molar-refractivity contribution in [2.24, 2.45) is 5.92 Å². The SMILES string of the molecule is C[C@@H]1CN(Cc2ccccc2)CC[C@H]1N(C)CCn1cncn1. The molecule has 1 saturated heterocycles. The zero-order chi connectivity index (χ0) is 16.1. The molecule has 0 N–H and O–H groups in total. The van der Waals surface area contributed by atoms with E-state index in [4.69, 9.17) is 0 Å². The molecular weight excluding hydrogens is 286 g/mol. The fourth-order valence-corrected chi connectivity index (χ4v) is 3.63. The first kappa shape index (κ1) is 16.1. The van der Waals surface area contributed by atoms with E-state index in [9.17, 15) is 0 Å². The largest absolute Gasteiger partial charge is 0.301 e. The van der Waals surface area contributed by atoms with Gasteiger partial charge in [0.05, 0.1) is 6.54 Å². The lowest BCUT2D eigenvalue weighted by atomic mass is 9.92. The van der Waals surface area contributed by atoms with E-state index >= 15 is 0 Å². The second-order valence-corrected chi connectivity index (χ2v) is 6.69. The van der Waals surface area contributed by atoms with Gasteiger partial charge in [-0.05, 0) is 31.5 Å². The Balaban J connectivity index is 1.48. The molecule has 3 rings (SSSR count). The summed E-state index contributed by atoms with van der Waals surface area (Å²) < 4.78 is 1.91. The van der Waals surface area contributed by atoms with Crippen molar-refractivity contribution in [2.75, 3.05) is 26.7 Å². The van der Waals surface area contributed by atoms with Gasteiger partial charge in [0.25, 0.3) is 0 Å². The molecule has 5 nitrogen and oxygen atoms in total. The van der Waals surface area contributed by atoms with Crippen LogP contribution in [-0.2, 0) is 13.1 Å². The van der Waals surface area contributed by atoms with E-state index in [1.165, 1.54) is 25.1 Å². The van der Waals surface area contributed by atoms with Crippen molar-refractivity contribution < 1.29 is 0 Å². The number of piperidine rings is 1. The third-order valence-electron chi connectivity index (χ3n) is 4.91. The Hall–Kier alpha value is -1.72. The maximum absolute atomic E-state index is 4.18. The van der Waals surface area contributed by atoms with Gasteiger partial charge in [-0.3, -0.25) is 9.58 Å². The second-order valence-electron chi connectivity index (χ2n) is 6.69. The molecule has 0 aliphatic carbocycles. The van der Waals surface area contributed by atoms with E-state index in [-0.39, 0.29) is 0 Å². The fourth-order valence-electron chi connectivity index (χ4n) is 3.63. The van der Waals surface area contributed by atoms with Gasteiger partial charge in [-0.25, -0.2) is 4.98 Å². The zero-order valence-corrected chi connectivity index (χ0v) is 14.2. The molecule has 1 aliphatic heterocycles. The lowest BCUT2D eigenvalue weighted by molar-refractivity contribution is 0.0734. The van der Waals surface area contributed by atoms with E-state index in [0.717, 1.165) is 19.6 Å². The van der Waals surface area contributed by atoms with Gasteiger partial charge >= 0.3 is 0 Å². The molecule has 5 heteroatoms. The molecule has 0 bridgehead atoms. The van der Waals surface area contributed by atoms with Gasteiger partial charge in [0, 0.05) is 25.7 Å². The predicted octanol–water partition coefficient (Wildman–Crippen LogP) is 2.12. The molecule has 23 heavy (non-hydrogen) atoms. The lowest BCUT2D eigenvalue weighted by Crippen LogP contribution is -2.49. The number of benzene rings is 1. The highest BCUT2D eigenvalue weighted by atomic mass is 15.3. The summed E-state index contributed by atoms with van der Waals surface area (Å²) in [5.41, 5.74) is 1.41. The van der Waals surface area contributed by atoms with Gasteiger partial charge in [0.1, 0.15) is 12.7 Å². The Kier molecular flexibility index (Phi) is 5.41. The van der Waals surface area contributed by atoms with Gasteiger partial charge in [-0.2, -0.15) is 5.10 Å². The highest BCUT2D eigenvalue weighted by Crippen LogP contribution is 2.22. The maximum Gasteiger partial charge on any atom is 0.137 e. The second kappa shape index (κ2) is 7.70. The Morgan fingerprint density at radius 1 is 1.26 bits per heavy atom. The van der Waals surface area contributed by atoms with Crippen LogP contribution in [0.25, 0.3) is 0 Å². The Morgan fingerprint density at radius 3 is 2.78 bits per heavy atom. The molecule has 1 aromatic carbocycles. The molecule has 0 unspecified atom stereocenters. The van der Waals surface area contributed by atoms with Crippen LogP contribution in [0, 0.1) is 5.92 Å². The first-order chi connectivity index (χ1) is 11.2. The van der Waals surface area contributed by atoms with Crippen molar-refractivity contribution in [3.63, 3.8) is 0 Å². The number of hydrogen-bond acceptors (Lipinski definition) is 4. The fraction of sp³-hybridized carbons (Fsp3) is 0.556. The highest BCUT2D eigenvalue weighted by molar-refractivity contribution is 5.14. The van der Waals surface area contributed by atoms with Crippen LogP contribution in [0.1, 0.15) is 18.9 Å². The summed E-state index contributed by atoms with van der Waals surface area (Å²) in [6, 6.07) is 11.4. The maximum atomic E-state index is 4.18.